The van der Waals surface area contributed by atoms with Crippen molar-refractivity contribution in [2.75, 3.05) is 25.4 Å². The number of halogens is 1. The van der Waals surface area contributed by atoms with Gasteiger partial charge in [0.25, 0.3) is 0 Å². The van der Waals surface area contributed by atoms with Crippen molar-refractivity contribution in [3.05, 3.63) is 30.1 Å². The van der Waals surface area contributed by atoms with E-state index >= 15 is 0 Å². The van der Waals surface area contributed by atoms with Crippen LogP contribution in [0.3, 0.4) is 0 Å². The van der Waals surface area contributed by atoms with E-state index in [4.69, 9.17) is 10.5 Å². The van der Waals surface area contributed by atoms with E-state index < -0.39 is 0 Å². The zero-order valence-electron chi connectivity index (χ0n) is 13.1. The molecule has 24 heavy (non-hydrogen) atoms. The van der Waals surface area contributed by atoms with Crippen molar-refractivity contribution in [3.63, 3.8) is 0 Å². The Labute approximate surface area is 138 Å². The molecule has 0 aliphatic carbocycles. The molecule has 0 bridgehead atoms. The third kappa shape index (κ3) is 3.98. The van der Waals surface area contributed by atoms with E-state index in [-0.39, 0.29) is 30.1 Å². The number of ether oxygens (including phenoxy) is 1. The van der Waals surface area contributed by atoms with Gasteiger partial charge < -0.3 is 15.4 Å². The van der Waals surface area contributed by atoms with Crippen LogP contribution in [0.4, 0.5) is 10.3 Å². The lowest BCUT2D eigenvalue weighted by Crippen LogP contribution is -2.43. The van der Waals surface area contributed by atoms with Crippen LogP contribution < -0.4 is 10.5 Å². The fourth-order valence-corrected chi connectivity index (χ4v) is 2.72. The molecule has 128 valence electrons. The number of nitrogens with two attached hydrogens (primary N) is 1. The SMILES string of the molecule is Nc1nnnn1CC(=O)N1CCC[C@H](COc2ccc(F)cc2)C1. The summed E-state index contributed by atoms with van der Waals surface area (Å²) in [6.07, 6.45) is 1.90. The highest BCUT2D eigenvalue weighted by molar-refractivity contribution is 5.76. The molecule has 0 unspecified atom stereocenters. The molecule has 3 rings (SSSR count). The highest BCUT2D eigenvalue weighted by Crippen LogP contribution is 2.19. The van der Waals surface area contributed by atoms with Crippen LogP contribution >= 0.6 is 0 Å². The van der Waals surface area contributed by atoms with Crippen LogP contribution in [0.25, 0.3) is 0 Å². The molecular formula is C15H19FN6O2. The van der Waals surface area contributed by atoms with E-state index in [1.807, 2.05) is 0 Å². The Bertz CT molecular complexity index is 690. The lowest BCUT2D eigenvalue weighted by Gasteiger charge is -2.32. The van der Waals surface area contributed by atoms with Crippen molar-refractivity contribution in [2.45, 2.75) is 19.4 Å². The number of anilines is 1. The molecule has 2 heterocycles. The number of aromatic nitrogens is 4. The number of tetrazole rings is 1. The topological polar surface area (TPSA) is 99.2 Å². The van der Waals surface area contributed by atoms with Crippen LogP contribution in [0.2, 0.25) is 0 Å². The number of nitrogen functional groups attached to an aromatic ring is 1. The van der Waals surface area contributed by atoms with E-state index in [2.05, 4.69) is 15.5 Å². The second-order valence-electron chi connectivity index (χ2n) is 5.81. The van der Waals surface area contributed by atoms with Crippen LogP contribution in [0.15, 0.2) is 24.3 Å². The molecule has 1 aromatic carbocycles. The summed E-state index contributed by atoms with van der Waals surface area (Å²) >= 11 is 0. The summed E-state index contributed by atoms with van der Waals surface area (Å²) in [6.45, 7) is 1.84. The summed E-state index contributed by atoms with van der Waals surface area (Å²) in [4.78, 5) is 14.1. The Balaban J connectivity index is 1.51. The first kappa shape index (κ1) is 16.2. The summed E-state index contributed by atoms with van der Waals surface area (Å²) in [5.74, 6) is 0.621. The van der Waals surface area contributed by atoms with Gasteiger partial charge in [-0.25, -0.2) is 9.07 Å². The molecule has 8 nitrogen and oxygen atoms in total. The van der Waals surface area contributed by atoms with Gasteiger partial charge in [0.15, 0.2) is 0 Å². The van der Waals surface area contributed by atoms with Crippen molar-refractivity contribution in [1.29, 1.82) is 0 Å². The first-order valence-electron chi connectivity index (χ1n) is 7.79. The largest absolute Gasteiger partial charge is 0.493 e. The number of benzene rings is 1. The summed E-state index contributed by atoms with van der Waals surface area (Å²) < 4.78 is 19.9. The number of carbonyl (C=O) groups excluding carboxylic acids is 1. The number of hydrogen-bond acceptors (Lipinski definition) is 6. The average Bonchev–Trinajstić information content (AvgIpc) is 2.99. The summed E-state index contributed by atoms with van der Waals surface area (Å²) in [5.41, 5.74) is 5.58. The standard InChI is InChI=1S/C15H19FN6O2/c16-12-3-5-13(6-4-12)24-10-11-2-1-7-21(8-11)14(23)9-22-15(17)18-19-20-22/h3-6,11H,1-2,7-10H2,(H2,17,18,20)/t11-/m0/s1. The summed E-state index contributed by atoms with van der Waals surface area (Å²) in [6, 6.07) is 5.92. The van der Waals surface area contributed by atoms with Gasteiger partial charge in [0.05, 0.1) is 6.61 Å². The second-order valence-corrected chi connectivity index (χ2v) is 5.81. The molecule has 1 saturated heterocycles. The van der Waals surface area contributed by atoms with Gasteiger partial charge in [-0.2, -0.15) is 0 Å². The van der Waals surface area contributed by atoms with E-state index in [9.17, 15) is 9.18 Å². The molecule has 1 atom stereocenters. The second kappa shape index (κ2) is 7.24. The number of rotatable bonds is 5. The lowest BCUT2D eigenvalue weighted by molar-refractivity contribution is -0.134. The number of likely N-dealkylation sites (tertiary alicyclic amines) is 1. The number of hydrogen-bond donors (Lipinski definition) is 1. The van der Waals surface area contributed by atoms with Crippen LogP contribution in [0, 0.1) is 11.7 Å². The van der Waals surface area contributed by atoms with Crippen molar-refractivity contribution >= 4 is 11.9 Å². The Morgan fingerprint density at radius 3 is 2.88 bits per heavy atom. The maximum atomic E-state index is 12.9. The molecule has 0 saturated carbocycles. The van der Waals surface area contributed by atoms with E-state index in [0.717, 1.165) is 12.8 Å². The zero-order valence-corrected chi connectivity index (χ0v) is 13.1. The lowest BCUT2D eigenvalue weighted by atomic mass is 9.99. The summed E-state index contributed by atoms with van der Waals surface area (Å²) in [5, 5.41) is 10.7. The van der Waals surface area contributed by atoms with Crippen LogP contribution in [0.1, 0.15) is 12.8 Å². The molecule has 2 aromatic rings. The van der Waals surface area contributed by atoms with E-state index in [1.54, 1.807) is 17.0 Å². The predicted octanol–water partition coefficient (Wildman–Crippen LogP) is 0.712. The van der Waals surface area contributed by atoms with Crippen molar-refractivity contribution < 1.29 is 13.9 Å². The minimum Gasteiger partial charge on any atom is -0.493 e. The fraction of sp³-hybridized carbons (Fsp3) is 0.467. The van der Waals surface area contributed by atoms with Gasteiger partial charge in [0.1, 0.15) is 18.1 Å². The highest BCUT2D eigenvalue weighted by atomic mass is 19.1. The zero-order chi connectivity index (χ0) is 16.9. The molecule has 9 heteroatoms. The highest BCUT2D eigenvalue weighted by Gasteiger charge is 2.25. The average molecular weight is 334 g/mol. The first-order chi connectivity index (χ1) is 11.6. The number of carbonyl (C=O) groups is 1. The van der Waals surface area contributed by atoms with Crippen LogP contribution in [0.5, 0.6) is 5.75 Å². The van der Waals surface area contributed by atoms with Gasteiger partial charge in [0.2, 0.25) is 11.9 Å². The minimum absolute atomic E-state index is 0.0321. The number of amides is 1. The van der Waals surface area contributed by atoms with Crippen molar-refractivity contribution in [1.82, 2.24) is 25.1 Å². The molecule has 1 aliphatic rings. The molecule has 2 N–H and O–H groups in total. The molecular weight excluding hydrogens is 315 g/mol. The maximum Gasteiger partial charge on any atom is 0.244 e. The van der Waals surface area contributed by atoms with Crippen molar-refractivity contribution in [2.24, 2.45) is 5.92 Å². The van der Waals surface area contributed by atoms with Gasteiger partial charge in [-0.15, -0.1) is 0 Å². The third-order valence-electron chi connectivity index (χ3n) is 4.02. The molecule has 0 spiro atoms. The van der Waals surface area contributed by atoms with E-state index in [1.165, 1.54) is 16.8 Å². The maximum absolute atomic E-state index is 12.9. The monoisotopic (exact) mass is 334 g/mol. The molecule has 1 fully saturated rings. The van der Waals surface area contributed by atoms with E-state index in [0.29, 0.717) is 25.4 Å². The molecule has 1 aromatic heterocycles. The van der Waals surface area contributed by atoms with Gasteiger partial charge in [-0.3, -0.25) is 4.79 Å². The smallest absolute Gasteiger partial charge is 0.244 e. The Morgan fingerprint density at radius 1 is 1.38 bits per heavy atom. The van der Waals surface area contributed by atoms with Crippen LogP contribution in [-0.4, -0.2) is 50.7 Å². The quantitative estimate of drug-likeness (QED) is 0.865. The van der Waals surface area contributed by atoms with Gasteiger partial charge in [-0.1, -0.05) is 5.10 Å². The molecule has 0 radical (unpaired) electrons. The minimum atomic E-state index is -0.293. The Kier molecular flexibility index (Phi) is 4.88. The Morgan fingerprint density at radius 2 is 2.17 bits per heavy atom. The summed E-state index contributed by atoms with van der Waals surface area (Å²) in [7, 11) is 0. The fourth-order valence-electron chi connectivity index (χ4n) is 2.72. The normalized spacial score (nSPS) is 17.7. The van der Waals surface area contributed by atoms with Crippen molar-refractivity contribution in [3.8, 4) is 5.75 Å². The van der Waals surface area contributed by atoms with Crippen LogP contribution in [-0.2, 0) is 11.3 Å². The number of nitrogens with zero attached hydrogens (tertiary/aromatic N) is 5. The molecule has 1 aliphatic heterocycles. The van der Waals surface area contributed by atoms with Gasteiger partial charge >= 0.3 is 0 Å². The predicted molar refractivity (Wildman–Crippen MR) is 83.4 cm³/mol. The Hall–Kier alpha value is -2.71. The van der Waals surface area contributed by atoms with Gasteiger partial charge in [0, 0.05) is 19.0 Å². The number of piperidine rings is 1. The molecule has 1 amide bonds. The first-order valence-corrected chi connectivity index (χ1v) is 7.79. The third-order valence-corrected chi connectivity index (χ3v) is 4.02. The van der Waals surface area contributed by atoms with Gasteiger partial charge in [-0.05, 0) is 47.5 Å².